The largest absolute Gasteiger partial charge is 0.497 e. The predicted molar refractivity (Wildman–Crippen MR) is 107 cm³/mol. The fraction of sp³-hybridized carbons (Fsp3) is 0.476. The van der Waals surface area contributed by atoms with Crippen LogP contribution in [0.3, 0.4) is 0 Å². The number of nitrogens with zero attached hydrogens (tertiary/aromatic N) is 2. The normalized spacial score (nSPS) is 10.8. The molecule has 152 valence electrons. The number of nitrogens with one attached hydrogen (secondary N) is 1. The molecule has 1 aromatic heterocycles. The minimum Gasteiger partial charge on any atom is -0.497 e. The lowest BCUT2D eigenvalue weighted by molar-refractivity contribution is -0.148. The molecule has 0 aliphatic rings. The van der Waals surface area contributed by atoms with E-state index in [1.807, 2.05) is 56.6 Å². The molecular formula is C21H29N3O4. The standard InChI is InChI=1S/C21H29N3O4/c1-14(2)12-22-20(25)13-28-21(26)10-9-19-15(3)23-24(16(19)4)17-7-6-8-18(11-17)27-5/h6-8,11,14H,9-10,12-13H2,1-5H3,(H,22,25). The molecule has 2 aromatic rings. The lowest BCUT2D eigenvalue weighted by Crippen LogP contribution is -2.31. The Morgan fingerprint density at radius 3 is 2.68 bits per heavy atom. The van der Waals surface area contributed by atoms with Gasteiger partial charge in [-0.15, -0.1) is 0 Å². The SMILES string of the molecule is COc1cccc(-n2nc(C)c(CCC(=O)OCC(=O)NCC(C)C)c2C)c1. The second-order valence-electron chi connectivity index (χ2n) is 7.12. The lowest BCUT2D eigenvalue weighted by Gasteiger charge is -2.09. The van der Waals surface area contributed by atoms with Gasteiger partial charge in [-0.3, -0.25) is 9.59 Å². The Morgan fingerprint density at radius 2 is 2.00 bits per heavy atom. The maximum Gasteiger partial charge on any atom is 0.306 e. The highest BCUT2D eigenvalue weighted by Gasteiger charge is 2.15. The Morgan fingerprint density at radius 1 is 1.25 bits per heavy atom. The van der Waals surface area contributed by atoms with Gasteiger partial charge in [0.05, 0.1) is 18.5 Å². The number of hydrogen-bond donors (Lipinski definition) is 1. The fourth-order valence-electron chi connectivity index (χ4n) is 2.84. The maximum absolute atomic E-state index is 12.0. The molecule has 0 atom stereocenters. The average molecular weight is 387 g/mol. The second kappa shape index (κ2) is 9.92. The van der Waals surface area contributed by atoms with Crippen LogP contribution in [0.25, 0.3) is 5.69 Å². The van der Waals surface area contributed by atoms with E-state index < -0.39 is 5.97 Å². The third kappa shape index (κ3) is 5.84. The number of carbonyl (C=O) groups excluding carboxylic acids is 2. The Kier molecular flexibility index (Phi) is 7.61. The van der Waals surface area contributed by atoms with E-state index in [4.69, 9.17) is 9.47 Å². The van der Waals surface area contributed by atoms with Gasteiger partial charge >= 0.3 is 5.97 Å². The first-order valence-electron chi connectivity index (χ1n) is 9.43. The summed E-state index contributed by atoms with van der Waals surface area (Å²) in [6.07, 6.45) is 0.705. The molecule has 2 rings (SSSR count). The van der Waals surface area contributed by atoms with Crippen LogP contribution in [-0.4, -0.2) is 41.9 Å². The summed E-state index contributed by atoms with van der Waals surface area (Å²) < 4.78 is 12.2. The Bertz CT molecular complexity index is 827. The highest BCUT2D eigenvalue weighted by molar-refractivity contribution is 5.80. The molecule has 0 spiro atoms. The number of esters is 1. The summed E-state index contributed by atoms with van der Waals surface area (Å²) in [5, 5.41) is 7.31. The van der Waals surface area contributed by atoms with Gasteiger partial charge in [0.25, 0.3) is 5.91 Å². The molecule has 7 heteroatoms. The average Bonchev–Trinajstić information content (AvgIpc) is 2.96. The quantitative estimate of drug-likeness (QED) is 0.669. The lowest BCUT2D eigenvalue weighted by atomic mass is 10.1. The molecule has 0 fully saturated rings. The number of benzene rings is 1. The Hall–Kier alpha value is -2.83. The van der Waals surface area contributed by atoms with Crippen molar-refractivity contribution in [1.82, 2.24) is 15.1 Å². The number of rotatable bonds is 9. The van der Waals surface area contributed by atoms with E-state index in [1.54, 1.807) is 7.11 Å². The number of ether oxygens (including phenoxy) is 2. The van der Waals surface area contributed by atoms with Crippen molar-refractivity contribution < 1.29 is 19.1 Å². The zero-order chi connectivity index (χ0) is 20.7. The molecule has 7 nitrogen and oxygen atoms in total. The summed E-state index contributed by atoms with van der Waals surface area (Å²) in [4.78, 5) is 23.6. The molecule has 0 saturated heterocycles. The minimum atomic E-state index is -0.396. The first kappa shape index (κ1) is 21.5. The number of hydrogen-bond acceptors (Lipinski definition) is 5. The number of aromatic nitrogens is 2. The molecule has 0 radical (unpaired) electrons. The van der Waals surface area contributed by atoms with Crippen LogP contribution >= 0.6 is 0 Å². The van der Waals surface area contributed by atoms with E-state index in [2.05, 4.69) is 10.4 Å². The van der Waals surface area contributed by atoms with Crippen LogP contribution in [0, 0.1) is 19.8 Å². The second-order valence-corrected chi connectivity index (χ2v) is 7.12. The molecule has 0 saturated carbocycles. The van der Waals surface area contributed by atoms with E-state index in [9.17, 15) is 9.59 Å². The first-order valence-corrected chi connectivity index (χ1v) is 9.43. The van der Waals surface area contributed by atoms with E-state index in [1.165, 1.54) is 0 Å². The molecule has 1 N–H and O–H groups in total. The van der Waals surface area contributed by atoms with Crippen molar-refractivity contribution in [2.75, 3.05) is 20.3 Å². The molecule has 28 heavy (non-hydrogen) atoms. The smallest absolute Gasteiger partial charge is 0.306 e. The molecule has 0 bridgehead atoms. The van der Waals surface area contributed by atoms with Crippen LogP contribution in [0.15, 0.2) is 24.3 Å². The van der Waals surface area contributed by atoms with Crippen molar-refractivity contribution in [2.45, 2.75) is 40.5 Å². The molecule has 1 amide bonds. The zero-order valence-corrected chi connectivity index (χ0v) is 17.2. The predicted octanol–water partition coefficient (Wildman–Crippen LogP) is 2.75. The van der Waals surface area contributed by atoms with Crippen molar-refractivity contribution in [1.29, 1.82) is 0 Å². The monoisotopic (exact) mass is 387 g/mol. The number of amides is 1. The van der Waals surface area contributed by atoms with Crippen molar-refractivity contribution >= 4 is 11.9 Å². The summed E-state index contributed by atoms with van der Waals surface area (Å²) in [7, 11) is 1.63. The molecule has 1 aromatic carbocycles. The van der Waals surface area contributed by atoms with Crippen LogP contribution < -0.4 is 10.1 Å². The summed E-state index contributed by atoms with van der Waals surface area (Å²) in [5.74, 6) is 0.436. The Balaban J connectivity index is 1.95. The molecular weight excluding hydrogens is 358 g/mol. The summed E-state index contributed by atoms with van der Waals surface area (Å²) in [6.45, 7) is 8.22. The summed E-state index contributed by atoms with van der Waals surface area (Å²) in [6, 6.07) is 7.65. The number of carbonyl (C=O) groups is 2. The van der Waals surface area contributed by atoms with Crippen LogP contribution in [-0.2, 0) is 20.7 Å². The van der Waals surface area contributed by atoms with Crippen molar-refractivity contribution in [3.8, 4) is 11.4 Å². The van der Waals surface area contributed by atoms with Crippen LogP contribution in [0.5, 0.6) is 5.75 Å². The highest BCUT2D eigenvalue weighted by atomic mass is 16.5. The molecule has 1 heterocycles. The van der Waals surface area contributed by atoms with Gasteiger partial charge in [-0.25, -0.2) is 4.68 Å². The van der Waals surface area contributed by atoms with E-state index in [0.29, 0.717) is 18.9 Å². The topological polar surface area (TPSA) is 82.5 Å². The van der Waals surface area contributed by atoms with Gasteiger partial charge in [-0.1, -0.05) is 19.9 Å². The third-order valence-electron chi connectivity index (χ3n) is 4.39. The van der Waals surface area contributed by atoms with Crippen molar-refractivity contribution in [2.24, 2.45) is 5.92 Å². The van der Waals surface area contributed by atoms with Gasteiger partial charge in [0.2, 0.25) is 0 Å². The Labute approximate surface area is 166 Å². The molecule has 0 aliphatic heterocycles. The first-order chi connectivity index (χ1) is 13.3. The van der Waals surface area contributed by atoms with Crippen molar-refractivity contribution in [3.05, 3.63) is 41.2 Å². The van der Waals surface area contributed by atoms with Crippen LogP contribution in [0.4, 0.5) is 0 Å². The summed E-state index contributed by atoms with van der Waals surface area (Å²) >= 11 is 0. The summed E-state index contributed by atoms with van der Waals surface area (Å²) in [5.41, 5.74) is 3.73. The maximum atomic E-state index is 12.0. The van der Waals surface area contributed by atoms with Crippen LogP contribution in [0.1, 0.15) is 37.2 Å². The van der Waals surface area contributed by atoms with Gasteiger partial charge in [-0.2, -0.15) is 5.10 Å². The van der Waals surface area contributed by atoms with E-state index >= 15 is 0 Å². The van der Waals surface area contributed by atoms with E-state index in [-0.39, 0.29) is 18.9 Å². The highest BCUT2D eigenvalue weighted by Crippen LogP contribution is 2.22. The van der Waals surface area contributed by atoms with Gasteiger partial charge in [0.15, 0.2) is 6.61 Å². The zero-order valence-electron chi connectivity index (χ0n) is 17.2. The molecule has 0 unspecified atom stereocenters. The molecule has 0 aliphatic carbocycles. The van der Waals surface area contributed by atoms with Crippen LogP contribution in [0.2, 0.25) is 0 Å². The minimum absolute atomic E-state index is 0.197. The van der Waals surface area contributed by atoms with Gasteiger partial charge in [0.1, 0.15) is 5.75 Å². The van der Waals surface area contributed by atoms with Gasteiger partial charge < -0.3 is 14.8 Å². The van der Waals surface area contributed by atoms with E-state index in [0.717, 1.165) is 28.4 Å². The number of methoxy groups -OCH3 is 1. The van der Waals surface area contributed by atoms with Gasteiger partial charge in [0, 0.05) is 24.7 Å². The third-order valence-corrected chi connectivity index (χ3v) is 4.39. The van der Waals surface area contributed by atoms with Crippen molar-refractivity contribution in [3.63, 3.8) is 0 Å². The number of aryl methyl sites for hydroxylation is 1. The fourth-order valence-corrected chi connectivity index (χ4v) is 2.84. The van der Waals surface area contributed by atoms with Gasteiger partial charge in [-0.05, 0) is 43.9 Å².